The molecule has 0 heterocycles. The lowest BCUT2D eigenvalue weighted by Crippen LogP contribution is -2.05. The molecule has 2 rings (SSSR count). The highest BCUT2D eigenvalue weighted by molar-refractivity contribution is 6.31. The van der Waals surface area contributed by atoms with Gasteiger partial charge in [0.15, 0.2) is 5.78 Å². The van der Waals surface area contributed by atoms with Crippen LogP contribution in [0.2, 0.25) is 5.02 Å². The van der Waals surface area contributed by atoms with Crippen LogP contribution < -0.4 is 5.73 Å². The van der Waals surface area contributed by atoms with Gasteiger partial charge in [-0.25, -0.2) is 0 Å². The van der Waals surface area contributed by atoms with Gasteiger partial charge >= 0.3 is 0 Å². The van der Waals surface area contributed by atoms with Crippen molar-refractivity contribution in [3.63, 3.8) is 0 Å². The van der Waals surface area contributed by atoms with E-state index in [4.69, 9.17) is 17.3 Å². The summed E-state index contributed by atoms with van der Waals surface area (Å²) >= 11 is 5.92. The first-order valence-corrected chi connectivity index (χ1v) is 6.03. The average molecular weight is 260 g/mol. The summed E-state index contributed by atoms with van der Waals surface area (Å²) < 4.78 is 0. The maximum Gasteiger partial charge on any atom is 0.193 e. The van der Waals surface area contributed by atoms with Crippen molar-refractivity contribution in [2.24, 2.45) is 0 Å². The number of halogens is 1. The molecule has 0 unspecified atom stereocenters. The van der Waals surface area contributed by atoms with Crippen LogP contribution in [0.3, 0.4) is 0 Å². The van der Waals surface area contributed by atoms with Gasteiger partial charge in [0.2, 0.25) is 0 Å². The SMILES string of the molecule is Cc1ccc(C)c(C(=O)c2cc(N)cc(Cl)c2)c1. The minimum atomic E-state index is -0.0506. The average Bonchev–Trinajstić information content (AvgIpc) is 2.30. The van der Waals surface area contributed by atoms with Crippen molar-refractivity contribution in [3.8, 4) is 0 Å². The summed E-state index contributed by atoms with van der Waals surface area (Å²) in [7, 11) is 0. The van der Waals surface area contributed by atoms with Crippen LogP contribution in [0.5, 0.6) is 0 Å². The second-order valence-electron chi connectivity index (χ2n) is 4.42. The first-order valence-electron chi connectivity index (χ1n) is 5.65. The van der Waals surface area contributed by atoms with E-state index < -0.39 is 0 Å². The molecule has 2 N–H and O–H groups in total. The largest absolute Gasteiger partial charge is 0.399 e. The highest BCUT2D eigenvalue weighted by Crippen LogP contribution is 2.21. The molecule has 0 saturated heterocycles. The molecule has 0 bridgehead atoms. The minimum Gasteiger partial charge on any atom is -0.399 e. The summed E-state index contributed by atoms with van der Waals surface area (Å²) in [5, 5.41) is 0.476. The van der Waals surface area contributed by atoms with Gasteiger partial charge in [0.25, 0.3) is 0 Å². The number of ketones is 1. The van der Waals surface area contributed by atoms with E-state index in [1.807, 2.05) is 32.0 Å². The zero-order valence-electron chi connectivity index (χ0n) is 10.3. The molecule has 0 spiro atoms. The van der Waals surface area contributed by atoms with E-state index in [1.54, 1.807) is 18.2 Å². The van der Waals surface area contributed by atoms with Gasteiger partial charge < -0.3 is 5.73 Å². The second-order valence-corrected chi connectivity index (χ2v) is 4.86. The van der Waals surface area contributed by atoms with Gasteiger partial charge in [-0.1, -0.05) is 29.3 Å². The lowest BCUT2D eigenvalue weighted by molar-refractivity contribution is 0.103. The molecule has 92 valence electrons. The van der Waals surface area contributed by atoms with Crippen LogP contribution in [0.1, 0.15) is 27.0 Å². The Bertz CT molecular complexity index is 600. The third kappa shape index (κ3) is 2.54. The maximum absolute atomic E-state index is 12.4. The third-order valence-corrected chi connectivity index (χ3v) is 3.04. The van der Waals surface area contributed by atoms with Crippen LogP contribution in [0, 0.1) is 13.8 Å². The van der Waals surface area contributed by atoms with Gasteiger partial charge in [-0.05, 0) is 43.7 Å². The highest BCUT2D eigenvalue weighted by Gasteiger charge is 2.13. The lowest BCUT2D eigenvalue weighted by Gasteiger charge is -2.07. The summed E-state index contributed by atoms with van der Waals surface area (Å²) in [5.74, 6) is -0.0506. The Hall–Kier alpha value is -1.80. The molecular weight excluding hydrogens is 246 g/mol. The second kappa shape index (κ2) is 4.83. The van der Waals surface area contributed by atoms with E-state index in [2.05, 4.69) is 0 Å². The standard InChI is InChI=1S/C15H14ClNO/c1-9-3-4-10(2)14(5-9)15(18)11-6-12(16)8-13(17)7-11/h3-8H,17H2,1-2H3. The molecule has 0 saturated carbocycles. The Morgan fingerprint density at radius 3 is 2.50 bits per heavy atom. The quantitative estimate of drug-likeness (QED) is 0.659. The molecule has 0 radical (unpaired) electrons. The van der Waals surface area contributed by atoms with Gasteiger partial charge in [0.05, 0.1) is 0 Å². The summed E-state index contributed by atoms with van der Waals surface area (Å²) in [6.45, 7) is 3.88. The summed E-state index contributed by atoms with van der Waals surface area (Å²) in [6, 6.07) is 10.7. The molecule has 2 aromatic rings. The van der Waals surface area contributed by atoms with E-state index in [9.17, 15) is 4.79 Å². The minimum absolute atomic E-state index is 0.0506. The van der Waals surface area contributed by atoms with Crippen LogP contribution in [-0.2, 0) is 0 Å². The fourth-order valence-electron chi connectivity index (χ4n) is 1.88. The number of hydrogen-bond acceptors (Lipinski definition) is 2. The molecular formula is C15H14ClNO. The normalized spacial score (nSPS) is 10.4. The molecule has 2 aromatic carbocycles. The smallest absolute Gasteiger partial charge is 0.193 e. The van der Waals surface area contributed by atoms with Crippen molar-refractivity contribution in [1.82, 2.24) is 0 Å². The van der Waals surface area contributed by atoms with Crippen LogP contribution in [0.4, 0.5) is 5.69 Å². The van der Waals surface area contributed by atoms with Crippen molar-refractivity contribution in [3.05, 3.63) is 63.7 Å². The molecule has 0 aromatic heterocycles. The number of benzene rings is 2. The van der Waals surface area contributed by atoms with Crippen LogP contribution in [0.15, 0.2) is 36.4 Å². The van der Waals surface area contributed by atoms with Gasteiger partial charge in [-0.3, -0.25) is 4.79 Å². The van der Waals surface area contributed by atoms with Gasteiger partial charge in [0, 0.05) is 21.8 Å². The Labute approximate surface area is 111 Å². The number of carbonyl (C=O) groups is 1. The Kier molecular flexibility index (Phi) is 3.39. The van der Waals surface area contributed by atoms with Crippen molar-refractivity contribution < 1.29 is 4.79 Å². The molecule has 18 heavy (non-hydrogen) atoms. The number of nitrogen functional groups attached to an aromatic ring is 1. The fourth-order valence-corrected chi connectivity index (χ4v) is 2.12. The topological polar surface area (TPSA) is 43.1 Å². The van der Waals surface area contributed by atoms with E-state index in [1.165, 1.54) is 0 Å². The number of aryl methyl sites for hydroxylation is 2. The molecule has 3 heteroatoms. The Balaban J connectivity index is 2.51. The first kappa shape index (κ1) is 12.7. The lowest BCUT2D eigenvalue weighted by atomic mass is 9.97. The zero-order valence-corrected chi connectivity index (χ0v) is 11.1. The van der Waals surface area contributed by atoms with Gasteiger partial charge in [-0.2, -0.15) is 0 Å². The summed E-state index contributed by atoms with van der Waals surface area (Å²) in [5.41, 5.74) is 9.42. The fraction of sp³-hybridized carbons (Fsp3) is 0.133. The summed E-state index contributed by atoms with van der Waals surface area (Å²) in [4.78, 5) is 12.4. The number of anilines is 1. The van der Waals surface area contributed by atoms with E-state index >= 15 is 0 Å². The van der Waals surface area contributed by atoms with Crippen molar-refractivity contribution >= 4 is 23.1 Å². The number of nitrogens with two attached hydrogens (primary N) is 1. The van der Waals surface area contributed by atoms with E-state index in [0.29, 0.717) is 21.8 Å². The van der Waals surface area contributed by atoms with E-state index in [0.717, 1.165) is 11.1 Å². The van der Waals surface area contributed by atoms with Crippen LogP contribution >= 0.6 is 11.6 Å². The highest BCUT2D eigenvalue weighted by atomic mass is 35.5. The third-order valence-electron chi connectivity index (χ3n) is 2.82. The molecule has 2 nitrogen and oxygen atoms in total. The molecule has 0 aliphatic carbocycles. The molecule has 0 aliphatic rings. The summed E-state index contributed by atoms with van der Waals surface area (Å²) in [6.07, 6.45) is 0. The van der Waals surface area contributed by atoms with Crippen molar-refractivity contribution in [2.45, 2.75) is 13.8 Å². The van der Waals surface area contributed by atoms with Crippen LogP contribution in [0.25, 0.3) is 0 Å². The Morgan fingerprint density at radius 2 is 1.83 bits per heavy atom. The zero-order chi connectivity index (χ0) is 13.3. The van der Waals surface area contributed by atoms with Gasteiger partial charge in [-0.15, -0.1) is 0 Å². The predicted molar refractivity (Wildman–Crippen MR) is 75.2 cm³/mol. The number of hydrogen-bond donors (Lipinski definition) is 1. The number of carbonyl (C=O) groups excluding carboxylic acids is 1. The maximum atomic E-state index is 12.4. The molecule has 0 fully saturated rings. The van der Waals surface area contributed by atoms with Crippen molar-refractivity contribution in [1.29, 1.82) is 0 Å². The molecule has 0 aliphatic heterocycles. The molecule has 0 atom stereocenters. The van der Waals surface area contributed by atoms with Gasteiger partial charge in [0.1, 0.15) is 0 Å². The Morgan fingerprint density at radius 1 is 1.11 bits per heavy atom. The molecule has 0 amide bonds. The van der Waals surface area contributed by atoms with Crippen molar-refractivity contribution in [2.75, 3.05) is 5.73 Å². The van der Waals surface area contributed by atoms with Crippen LogP contribution in [-0.4, -0.2) is 5.78 Å². The first-order chi connectivity index (χ1) is 8.47. The number of rotatable bonds is 2. The predicted octanol–water partition coefficient (Wildman–Crippen LogP) is 3.77. The monoisotopic (exact) mass is 259 g/mol. The van der Waals surface area contributed by atoms with E-state index in [-0.39, 0.29) is 5.78 Å².